The van der Waals surface area contributed by atoms with Crippen LogP contribution in [0.3, 0.4) is 0 Å². The van der Waals surface area contributed by atoms with Gasteiger partial charge in [0.2, 0.25) is 0 Å². The van der Waals surface area contributed by atoms with Crippen molar-refractivity contribution < 1.29 is 5.11 Å². The van der Waals surface area contributed by atoms with Gasteiger partial charge in [-0.25, -0.2) is 0 Å². The average Bonchev–Trinajstić information content (AvgIpc) is 2.64. The van der Waals surface area contributed by atoms with Gasteiger partial charge in [0.05, 0.1) is 6.10 Å². The van der Waals surface area contributed by atoms with Crippen LogP contribution in [0, 0.1) is 5.92 Å². The van der Waals surface area contributed by atoms with Crippen molar-refractivity contribution in [2.75, 3.05) is 0 Å². The lowest BCUT2D eigenvalue weighted by Crippen LogP contribution is -2.27. The lowest BCUT2D eigenvalue weighted by molar-refractivity contribution is 0.0806. The number of benzene rings is 1. The summed E-state index contributed by atoms with van der Waals surface area (Å²) in [4.78, 5) is 0. The first-order valence-corrected chi connectivity index (χ1v) is 7.60. The van der Waals surface area contributed by atoms with Crippen LogP contribution in [0.1, 0.15) is 62.0 Å². The molecule has 2 aliphatic carbocycles. The first kappa shape index (κ1) is 12.2. The summed E-state index contributed by atoms with van der Waals surface area (Å²) in [6.45, 7) is 0. The minimum Gasteiger partial charge on any atom is -0.393 e. The zero-order valence-electron chi connectivity index (χ0n) is 11.1. The van der Waals surface area contributed by atoms with E-state index < -0.39 is 0 Å². The molecule has 2 unspecified atom stereocenters. The van der Waals surface area contributed by atoms with Crippen LogP contribution in [0.5, 0.6) is 0 Å². The summed E-state index contributed by atoms with van der Waals surface area (Å²) in [6.07, 6.45) is 9.98. The van der Waals surface area contributed by atoms with Gasteiger partial charge in [-0.1, -0.05) is 49.9 Å². The minimum absolute atomic E-state index is 0.0681. The summed E-state index contributed by atoms with van der Waals surface area (Å²) in [5, 5.41) is 10.5. The smallest absolute Gasteiger partial charge is 0.0574 e. The van der Waals surface area contributed by atoms with Gasteiger partial charge in [0, 0.05) is 0 Å². The topological polar surface area (TPSA) is 20.2 Å². The fraction of sp³-hybridized carbons (Fsp3) is 0.647. The molecule has 0 aliphatic heterocycles. The highest BCUT2D eigenvalue weighted by atomic mass is 16.3. The summed E-state index contributed by atoms with van der Waals surface area (Å²) in [7, 11) is 0. The van der Waals surface area contributed by atoms with Crippen molar-refractivity contribution >= 4 is 0 Å². The van der Waals surface area contributed by atoms with E-state index in [1.165, 1.54) is 56.1 Å². The van der Waals surface area contributed by atoms with Crippen LogP contribution in [0.4, 0.5) is 0 Å². The Labute approximate surface area is 110 Å². The maximum atomic E-state index is 10.5. The second-order valence-electron chi connectivity index (χ2n) is 6.15. The Hall–Kier alpha value is -0.820. The molecule has 1 saturated carbocycles. The van der Waals surface area contributed by atoms with E-state index in [2.05, 4.69) is 24.3 Å². The highest BCUT2D eigenvalue weighted by Crippen LogP contribution is 2.40. The SMILES string of the molecule is OC(CC1Cc2ccccc21)C1CCCCCC1. The fourth-order valence-corrected chi connectivity index (χ4v) is 3.75. The van der Waals surface area contributed by atoms with Gasteiger partial charge < -0.3 is 5.11 Å². The molecule has 0 amide bonds. The lowest BCUT2D eigenvalue weighted by atomic mass is 9.73. The number of hydrogen-bond donors (Lipinski definition) is 1. The Bertz CT molecular complexity index is 390. The predicted octanol–water partition coefficient (Wildman–Crippen LogP) is 4.05. The Morgan fingerprint density at radius 1 is 1.06 bits per heavy atom. The normalized spacial score (nSPS) is 25.9. The molecule has 1 fully saturated rings. The third kappa shape index (κ3) is 2.47. The molecule has 3 rings (SSSR count). The highest BCUT2D eigenvalue weighted by molar-refractivity contribution is 5.39. The number of aliphatic hydroxyl groups is 1. The standard InChI is InChI=1S/C17H24O/c18-17(13-7-3-1-2-4-8-13)12-15-11-14-9-5-6-10-16(14)15/h5-6,9-10,13,15,17-18H,1-4,7-8,11-12H2. The molecule has 1 heteroatoms. The summed E-state index contributed by atoms with van der Waals surface area (Å²) < 4.78 is 0. The van der Waals surface area contributed by atoms with Crippen LogP contribution in [0.15, 0.2) is 24.3 Å². The van der Waals surface area contributed by atoms with E-state index in [0.717, 1.165) is 6.42 Å². The lowest BCUT2D eigenvalue weighted by Gasteiger charge is -2.33. The monoisotopic (exact) mass is 244 g/mol. The van der Waals surface area contributed by atoms with E-state index in [0.29, 0.717) is 11.8 Å². The van der Waals surface area contributed by atoms with Crippen molar-refractivity contribution in [2.45, 2.75) is 63.4 Å². The molecule has 1 aromatic rings. The summed E-state index contributed by atoms with van der Waals surface area (Å²) in [5.74, 6) is 1.19. The zero-order valence-corrected chi connectivity index (χ0v) is 11.1. The number of rotatable bonds is 3. The Morgan fingerprint density at radius 2 is 1.78 bits per heavy atom. The maximum absolute atomic E-state index is 10.5. The Kier molecular flexibility index (Phi) is 3.69. The first-order chi connectivity index (χ1) is 8.84. The van der Waals surface area contributed by atoms with Crippen LogP contribution in [-0.2, 0) is 6.42 Å². The van der Waals surface area contributed by atoms with E-state index in [-0.39, 0.29) is 6.10 Å². The molecule has 0 spiro atoms. The van der Waals surface area contributed by atoms with Crippen molar-refractivity contribution in [3.63, 3.8) is 0 Å². The second kappa shape index (κ2) is 5.44. The summed E-state index contributed by atoms with van der Waals surface area (Å²) >= 11 is 0. The van der Waals surface area contributed by atoms with Crippen LogP contribution in [0.25, 0.3) is 0 Å². The summed E-state index contributed by atoms with van der Waals surface area (Å²) in [5.41, 5.74) is 2.99. The quantitative estimate of drug-likeness (QED) is 0.795. The highest BCUT2D eigenvalue weighted by Gasteiger charge is 2.30. The van der Waals surface area contributed by atoms with Crippen molar-refractivity contribution in [3.05, 3.63) is 35.4 Å². The first-order valence-electron chi connectivity index (χ1n) is 7.60. The average molecular weight is 244 g/mol. The minimum atomic E-state index is -0.0681. The van der Waals surface area contributed by atoms with Gasteiger partial charge in [-0.2, -0.15) is 0 Å². The van der Waals surface area contributed by atoms with Crippen molar-refractivity contribution in [1.82, 2.24) is 0 Å². The van der Waals surface area contributed by atoms with Crippen LogP contribution in [-0.4, -0.2) is 11.2 Å². The molecule has 1 nitrogen and oxygen atoms in total. The van der Waals surface area contributed by atoms with Crippen molar-refractivity contribution in [2.24, 2.45) is 5.92 Å². The molecule has 0 radical (unpaired) electrons. The van der Waals surface area contributed by atoms with E-state index in [1.807, 2.05) is 0 Å². The summed E-state index contributed by atoms with van der Waals surface area (Å²) in [6, 6.07) is 8.72. The largest absolute Gasteiger partial charge is 0.393 e. The van der Waals surface area contributed by atoms with Gasteiger partial charge in [0.15, 0.2) is 0 Å². The third-order valence-corrected chi connectivity index (χ3v) is 4.93. The van der Waals surface area contributed by atoms with Crippen molar-refractivity contribution in [1.29, 1.82) is 0 Å². The molecule has 0 aromatic heterocycles. The Balaban J connectivity index is 1.57. The van der Waals surface area contributed by atoms with E-state index in [9.17, 15) is 5.11 Å². The van der Waals surface area contributed by atoms with Gasteiger partial charge in [-0.05, 0) is 48.6 Å². The second-order valence-corrected chi connectivity index (χ2v) is 6.15. The molecule has 0 saturated heterocycles. The molecule has 98 valence electrons. The fourth-order valence-electron chi connectivity index (χ4n) is 3.75. The van der Waals surface area contributed by atoms with Gasteiger partial charge in [-0.15, -0.1) is 0 Å². The maximum Gasteiger partial charge on any atom is 0.0574 e. The molecular formula is C17H24O. The van der Waals surface area contributed by atoms with Crippen LogP contribution < -0.4 is 0 Å². The van der Waals surface area contributed by atoms with Crippen molar-refractivity contribution in [3.8, 4) is 0 Å². The predicted molar refractivity (Wildman–Crippen MR) is 74.7 cm³/mol. The Morgan fingerprint density at radius 3 is 2.50 bits per heavy atom. The molecule has 0 heterocycles. The molecule has 2 aliphatic rings. The number of hydrogen-bond acceptors (Lipinski definition) is 1. The number of aliphatic hydroxyl groups excluding tert-OH is 1. The molecular weight excluding hydrogens is 220 g/mol. The molecule has 18 heavy (non-hydrogen) atoms. The van der Waals surface area contributed by atoms with Crippen LogP contribution >= 0.6 is 0 Å². The van der Waals surface area contributed by atoms with Gasteiger partial charge in [0.25, 0.3) is 0 Å². The van der Waals surface area contributed by atoms with Gasteiger partial charge in [0.1, 0.15) is 0 Å². The van der Waals surface area contributed by atoms with Gasteiger partial charge >= 0.3 is 0 Å². The van der Waals surface area contributed by atoms with E-state index in [1.54, 1.807) is 0 Å². The van der Waals surface area contributed by atoms with Crippen LogP contribution in [0.2, 0.25) is 0 Å². The van der Waals surface area contributed by atoms with Gasteiger partial charge in [-0.3, -0.25) is 0 Å². The van der Waals surface area contributed by atoms with E-state index >= 15 is 0 Å². The zero-order chi connectivity index (χ0) is 12.4. The molecule has 0 bridgehead atoms. The van der Waals surface area contributed by atoms with E-state index in [4.69, 9.17) is 0 Å². The molecule has 2 atom stereocenters. The third-order valence-electron chi connectivity index (χ3n) is 4.93. The molecule has 1 N–H and O–H groups in total. The molecule has 1 aromatic carbocycles. The number of fused-ring (bicyclic) bond motifs is 1.